The Labute approximate surface area is 236 Å². The van der Waals surface area contributed by atoms with Crippen molar-refractivity contribution in [1.29, 1.82) is 0 Å². The van der Waals surface area contributed by atoms with Crippen molar-refractivity contribution in [2.75, 3.05) is 18.1 Å². The Morgan fingerprint density at radius 2 is 1.77 bits per heavy atom. The summed E-state index contributed by atoms with van der Waals surface area (Å²) in [5.74, 6) is 6.36. The second-order valence-corrected chi connectivity index (χ2v) is 14.0. The molecule has 3 atom stereocenters. The van der Waals surface area contributed by atoms with Crippen molar-refractivity contribution in [3.05, 3.63) is 15.8 Å². The van der Waals surface area contributed by atoms with Crippen LogP contribution in [0.5, 0.6) is 0 Å². The first kappa shape index (κ1) is 28.6. The quantitative estimate of drug-likeness (QED) is 0.426. The van der Waals surface area contributed by atoms with Gasteiger partial charge in [-0.2, -0.15) is 0 Å². The number of hydrogen-bond donors (Lipinski definition) is 1. The molecule has 8 heteroatoms. The monoisotopic (exact) mass is 557 g/mol. The van der Waals surface area contributed by atoms with Gasteiger partial charge in [-0.3, -0.25) is 4.79 Å². The lowest BCUT2D eigenvalue weighted by molar-refractivity contribution is -0.124. The smallest absolute Gasteiger partial charge is 0.348 e. The van der Waals surface area contributed by atoms with E-state index in [1.165, 1.54) is 11.3 Å². The minimum absolute atomic E-state index is 0.0461. The van der Waals surface area contributed by atoms with Crippen molar-refractivity contribution in [2.45, 2.75) is 110 Å². The zero-order chi connectivity index (χ0) is 27.7. The van der Waals surface area contributed by atoms with Crippen molar-refractivity contribution in [3.8, 4) is 11.8 Å². The van der Waals surface area contributed by atoms with Gasteiger partial charge in [-0.1, -0.05) is 18.8 Å². The van der Waals surface area contributed by atoms with E-state index >= 15 is 0 Å². The van der Waals surface area contributed by atoms with Gasteiger partial charge in [-0.25, -0.2) is 4.79 Å². The Morgan fingerprint density at radius 3 is 2.44 bits per heavy atom. The summed E-state index contributed by atoms with van der Waals surface area (Å²) in [6.45, 7) is 9.65. The van der Waals surface area contributed by atoms with Gasteiger partial charge in [0.1, 0.15) is 4.88 Å². The topological polar surface area (TPSA) is 85.3 Å². The first-order valence-electron chi connectivity index (χ1n) is 14.7. The molecule has 2 aliphatic carbocycles. The van der Waals surface area contributed by atoms with Crippen LogP contribution in [0.15, 0.2) is 6.07 Å². The molecular formula is C31H43NO6S. The fourth-order valence-electron chi connectivity index (χ4n) is 6.48. The predicted octanol–water partition coefficient (Wildman–Crippen LogP) is 6.09. The zero-order valence-electron chi connectivity index (χ0n) is 23.7. The maximum atomic E-state index is 14.1. The van der Waals surface area contributed by atoms with Crippen LogP contribution in [-0.4, -0.2) is 54.7 Å². The first-order valence-corrected chi connectivity index (χ1v) is 15.5. The second-order valence-electron chi connectivity index (χ2n) is 12.9. The van der Waals surface area contributed by atoms with E-state index in [4.69, 9.17) is 14.2 Å². The van der Waals surface area contributed by atoms with Gasteiger partial charge in [0.25, 0.3) is 0 Å². The van der Waals surface area contributed by atoms with Gasteiger partial charge in [0.2, 0.25) is 5.91 Å². The van der Waals surface area contributed by atoms with Crippen molar-refractivity contribution in [3.63, 3.8) is 0 Å². The number of anilines is 1. The summed E-state index contributed by atoms with van der Waals surface area (Å²) in [6.07, 6.45) is 8.11. The number of thiophene rings is 1. The van der Waals surface area contributed by atoms with E-state index in [0.29, 0.717) is 29.0 Å². The molecule has 1 aromatic rings. The number of carbonyl (C=O) groups excluding carboxylic acids is 1. The van der Waals surface area contributed by atoms with Gasteiger partial charge in [-0.15, -0.1) is 11.3 Å². The molecule has 39 heavy (non-hydrogen) atoms. The molecule has 1 N–H and O–H groups in total. The molecule has 7 nitrogen and oxygen atoms in total. The molecule has 0 bridgehead atoms. The number of carboxylic acids is 1. The van der Waals surface area contributed by atoms with Gasteiger partial charge < -0.3 is 24.2 Å². The summed E-state index contributed by atoms with van der Waals surface area (Å²) in [5.41, 5.74) is 0.323. The number of carboxylic acid groups (broad SMARTS) is 1. The van der Waals surface area contributed by atoms with Crippen molar-refractivity contribution in [1.82, 2.24) is 0 Å². The van der Waals surface area contributed by atoms with Crippen LogP contribution in [0.4, 0.5) is 5.69 Å². The number of carbonyl (C=O) groups is 2. The second kappa shape index (κ2) is 11.9. The lowest BCUT2D eigenvalue weighted by Crippen LogP contribution is -2.47. The standard InChI is InChI=1S/C31H43NO6S/c1-19-5-7-20(8-6-19)28(33)32(25-17-23(13-15-31(2,3)4)39-27(25)29(34)35)21-9-11-22(12-10-21)38-26-18-37-30-24(26)14-16-36-30/h17,19-22,24,26,30H,5-12,14,16,18H2,1-4H3,(H,34,35)/t19?,20?,21?,22?,24-,26+,30+/m0/s1. The number of amides is 1. The van der Waals surface area contributed by atoms with E-state index in [0.717, 1.165) is 64.4 Å². The predicted molar refractivity (Wildman–Crippen MR) is 151 cm³/mol. The third-order valence-electron chi connectivity index (χ3n) is 8.69. The summed E-state index contributed by atoms with van der Waals surface area (Å²) >= 11 is 1.18. The molecular weight excluding hydrogens is 514 g/mol. The van der Waals surface area contributed by atoms with Crippen LogP contribution in [0, 0.1) is 35.0 Å². The highest BCUT2D eigenvalue weighted by molar-refractivity contribution is 7.15. The van der Waals surface area contributed by atoms with Crippen LogP contribution >= 0.6 is 11.3 Å². The van der Waals surface area contributed by atoms with Gasteiger partial charge in [0.05, 0.1) is 36.0 Å². The normalized spacial score (nSPS) is 32.8. The third kappa shape index (κ3) is 6.70. The molecule has 2 saturated carbocycles. The molecule has 0 spiro atoms. The first-order chi connectivity index (χ1) is 18.6. The number of fused-ring (bicyclic) bond motifs is 1. The summed E-state index contributed by atoms with van der Waals surface area (Å²) < 4.78 is 17.9. The SMILES string of the molecule is CC1CCC(C(=O)N(c2cc(C#CC(C)(C)C)sc2C(=O)O)C2CCC(O[C@@H]3CO[C@H]4OCC[C@H]43)CC2)CC1. The van der Waals surface area contributed by atoms with Gasteiger partial charge >= 0.3 is 5.97 Å². The molecule has 4 aliphatic rings. The van der Waals surface area contributed by atoms with Crippen LogP contribution in [-0.2, 0) is 19.0 Å². The average Bonchev–Trinajstić information content (AvgIpc) is 3.62. The Bertz CT molecular complexity index is 1100. The lowest BCUT2D eigenvalue weighted by Gasteiger charge is -2.40. The van der Waals surface area contributed by atoms with E-state index in [1.807, 2.05) is 31.7 Å². The van der Waals surface area contributed by atoms with E-state index in [9.17, 15) is 14.7 Å². The highest BCUT2D eigenvalue weighted by atomic mass is 32.1. The van der Waals surface area contributed by atoms with Crippen molar-refractivity contribution in [2.24, 2.45) is 23.2 Å². The number of hydrogen-bond acceptors (Lipinski definition) is 6. The zero-order valence-corrected chi connectivity index (χ0v) is 24.6. The molecule has 2 aliphatic heterocycles. The van der Waals surface area contributed by atoms with Crippen molar-refractivity contribution < 1.29 is 28.9 Å². The Morgan fingerprint density at radius 1 is 1.05 bits per heavy atom. The molecule has 1 amide bonds. The molecule has 2 saturated heterocycles. The van der Waals surface area contributed by atoms with E-state index in [1.54, 1.807) is 0 Å². The van der Waals surface area contributed by atoms with E-state index < -0.39 is 5.97 Å². The van der Waals surface area contributed by atoms with Gasteiger partial charge in [0.15, 0.2) is 6.29 Å². The Balaban J connectivity index is 1.36. The minimum atomic E-state index is -1.000. The summed E-state index contributed by atoms with van der Waals surface area (Å²) in [4.78, 5) is 29.3. The van der Waals surface area contributed by atoms with E-state index in [-0.39, 0.29) is 46.7 Å². The molecule has 0 aromatic carbocycles. The maximum absolute atomic E-state index is 14.1. The van der Waals surface area contributed by atoms with Crippen LogP contribution in [0.3, 0.4) is 0 Å². The molecule has 3 heterocycles. The van der Waals surface area contributed by atoms with Crippen LogP contribution in [0.1, 0.15) is 100 Å². The lowest BCUT2D eigenvalue weighted by atomic mass is 9.81. The number of ether oxygens (including phenoxy) is 3. The fourth-order valence-corrected chi connectivity index (χ4v) is 7.32. The van der Waals surface area contributed by atoms with Gasteiger partial charge in [0, 0.05) is 23.3 Å². The van der Waals surface area contributed by atoms with Crippen LogP contribution in [0.2, 0.25) is 0 Å². The Hall–Kier alpha value is -1.92. The van der Waals surface area contributed by atoms with Crippen molar-refractivity contribution >= 4 is 28.9 Å². The maximum Gasteiger partial charge on any atom is 0.348 e. The molecule has 0 unspecified atom stereocenters. The summed E-state index contributed by atoms with van der Waals surface area (Å²) in [5, 5.41) is 10.1. The molecule has 214 valence electrons. The van der Waals surface area contributed by atoms with Crippen LogP contribution in [0.25, 0.3) is 0 Å². The molecule has 4 fully saturated rings. The highest BCUT2D eigenvalue weighted by Crippen LogP contribution is 2.40. The highest BCUT2D eigenvalue weighted by Gasteiger charge is 2.44. The van der Waals surface area contributed by atoms with Gasteiger partial charge in [-0.05, 0) is 90.5 Å². The van der Waals surface area contributed by atoms with Crippen LogP contribution < -0.4 is 4.90 Å². The number of aromatic carboxylic acids is 1. The minimum Gasteiger partial charge on any atom is -0.477 e. The third-order valence-corrected chi connectivity index (χ3v) is 9.72. The fraction of sp³-hybridized carbons (Fsp3) is 0.742. The average molecular weight is 558 g/mol. The Kier molecular flexibility index (Phi) is 8.73. The molecule has 5 rings (SSSR count). The summed E-state index contributed by atoms with van der Waals surface area (Å²) in [7, 11) is 0. The number of nitrogens with zero attached hydrogens (tertiary/aromatic N) is 1. The van der Waals surface area contributed by atoms with E-state index in [2.05, 4.69) is 18.8 Å². The molecule has 1 aromatic heterocycles. The summed E-state index contributed by atoms with van der Waals surface area (Å²) in [6, 6.07) is 1.80. The largest absolute Gasteiger partial charge is 0.477 e. The number of rotatable bonds is 6. The molecule has 0 radical (unpaired) electrons.